The molecule has 1 heterocycles. The molecule has 0 radical (unpaired) electrons. The molecule has 0 spiro atoms. The van der Waals surface area contributed by atoms with Crippen LogP contribution in [-0.4, -0.2) is 23.4 Å². The minimum atomic E-state index is -4.39. The summed E-state index contributed by atoms with van der Waals surface area (Å²) in [5, 5.41) is 3.00. The molecule has 3 aromatic rings. The van der Waals surface area contributed by atoms with Gasteiger partial charge in [-0.1, -0.05) is 42.5 Å². The van der Waals surface area contributed by atoms with E-state index < -0.39 is 23.7 Å². The van der Waals surface area contributed by atoms with E-state index in [-0.39, 0.29) is 12.5 Å². The number of nitrogens with one attached hydrogen (secondary N) is 1. The van der Waals surface area contributed by atoms with Crippen molar-refractivity contribution in [1.82, 2.24) is 10.2 Å². The standard InChI is InChI=1S/C27H27F3N4O2/c28-27(29,30)20-9-7-17(8-10-20)22-6-2-4-19-16-34(14-13-23(19)22)26(36)33-24(11-12-25(32)35)18-3-1-5-21(31)15-18/h1-10,15,24H,11-14,16,31H2,(H2,32,35)(H,33,36)/t24-/m0/s1. The molecule has 0 bridgehead atoms. The molecule has 3 amide bonds. The lowest BCUT2D eigenvalue weighted by molar-refractivity contribution is -0.137. The third kappa shape index (κ3) is 5.79. The van der Waals surface area contributed by atoms with Gasteiger partial charge >= 0.3 is 12.2 Å². The second kappa shape index (κ2) is 10.3. The Labute approximate surface area is 207 Å². The number of nitrogens with zero attached hydrogens (tertiary/aromatic N) is 1. The fourth-order valence-electron chi connectivity index (χ4n) is 4.52. The highest BCUT2D eigenvalue weighted by Gasteiger charge is 2.30. The highest BCUT2D eigenvalue weighted by molar-refractivity contribution is 5.77. The number of alkyl halides is 3. The number of benzene rings is 3. The molecule has 188 valence electrons. The van der Waals surface area contributed by atoms with Gasteiger partial charge in [0.1, 0.15) is 0 Å². The number of nitrogen functional groups attached to an aromatic ring is 1. The minimum absolute atomic E-state index is 0.110. The van der Waals surface area contributed by atoms with E-state index in [1.807, 2.05) is 24.3 Å². The summed E-state index contributed by atoms with van der Waals surface area (Å²) in [4.78, 5) is 26.2. The third-order valence-corrected chi connectivity index (χ3v) is 6.37. The zero-order valence-corrected chi connectivity index (χ0v) is 19.5. The molecule has 0 unspecified atom stereocenters. The molecule has 6 nitrogen and oxygen atoms in total. The molecule has 5 N–H and O–H groups in total. The van der Waals surface area contributed by atoms with Crippen LogP contribution < -0.4 is 16.8 Å². The second-order valence-corrected chi connectivity index (χ2v) is 8.87. The van der Waals surface area contributed by atoms with Crippen molar-refractivity contribution >= 4 is 17.6 Å². The average Bonchev–Trinajstić information content (AvgIpc) is 2.85. The maximum absolute atomic E-state index is 13.2. The van der Waals surface area contributed by atoms with E-state index in [1.54, 1.807) is 23.1 Å². The number of hydrogen-bond acceptors (Lipinski definition) is 3. The Morgan fingerprint density at radius 2 is 1.75 bits per heavy atom. The van der Waals surface area contributed by atoms with E-state index in [0.717, 1.165) is 34.4 Å². The molecular weight excluding hydrogens is 469 g/mol. The SMILES string of the molecule is NC(=O)CC[C@H](NC(=O)N1CCc2c(cccc2-c2ccc(C(F)(F)F)cc2)C1)c1cccc(N)c1. The molecule has 0 saturated carbocycles. The summed E-state index contributed by atoms with van der Waals surface area (Å²) in [6.07, 6.45) is -3.38. The predicted molar refractivity (Wildman–Crippen MR) is 132 cm³/mol. The van der Waals surface area contributed by atoms with E-state index in [0.29, 0.717) is 37.2 Å². The first-order valence-corrected chi connectivity index (χ1v) is 11.6. The number of fused-ring (bicyclic) bond motifs is 1. The first-order valence-electron chi connectivity index (χ1n) is 11.6. The number of hydrogen-bond donors (Lipinski definition) is 3. The molecule has 1 aliphatic rings. The smallest absolute Gasteiger partial charge is 0.399 e. The number of carbonyl (C=O) groups excluding carboxylic acids is 2. The normalized spacial score (nSPS) is 14.1. The van der Waals surface area contributed by atoms with Crippen LogP contribution in [0.5, 0.6) is 0 Å². The van der Waals surface area contributed by atoms with Gasteiger partial charge in [-0.3, -0.25) is 4.79 Å². The van der Waals surface area contributed by atoms with Crippen LogP contribution >= 0.6 is 0 Å². The van der Waals surface area contributed by atoms with Gasteiger partial charge < -0.3 is 21.7 Å². The monoisotopic (exact) mass is 496 g/mol. The largest absolute Gasteiger partial charge is 0.416 e. The summed E-state index contributed by atoms with van der Waals surface area (Å²) < 4.78 is 38.8. The second-order valence-electron chi connectivity index (χ2n) is 8.87. The number of urea groups is 1. The lowest BCUT2D eigenvalue weighted by Crippen LogP contribution is -2.44. The van der Waals surface area contributed by atoms with Crippen molar-refractivity contribution in [1.29, 1.82) is 0 Å². The Kier molecular flexibility index (Phi) is 7.19. The molecular formula is C27H27F3N4O2. The molecule has 1 aliphatic heterocycles. The van der Waals surface area contributed by atoms with Gasteiger partial charge in [0.15, 0.2) is 0 Å². The van der Waals surface area contributed by atoms with Gasteiger partial charge in [-0.15, -0.1) is 0 Å². The molecule has 0 aromatic heterocycles. The summed E-state index contributed by atoms with van der Waals surface area (Å²) in [5.41, 5.74) is 15.4. The van der Waals surface area contributed by atoms with Crippen LogP contribution in [0.2, 0.25) is 0 Å². The van der Waals surface area contributed by atoms with E-state index in [4.69, 9.17) is 11.5 Å². The van der Waals surface area contributed by atoms with E-state index in [2.05, 4.69) is 5.32 Å². The molecule has 0 saturated heterocycles. The van der Waals surface area contributed by atoms with E-state index in [1.165, 1.54) is 12.1 Å². The van der Waals surface area contributed by atoms with Crippen molar-refractivity contribution in [2.24, 2.45) is 5.73 Å². The van der Waals surface area contributed by atoms with Crippen LogP contribution in [0, 0.1) is 0 Å². The quantitative estimate of drug-likeness (QED) is 0.417. The van der Waals surface area contributed by atoms with Gasteiger partial charge in [-0.25, -0.2) is 4.79 Å². The molecule has 9 heteroatoms. The van der Waals surface area contributed by atoms with Crippen molar-refractivity contribution in [2.75, 3.05) is 12.3 Å². The van der Waals surface area contributed by atoms with Crippen LogP contribution in [0.3, 0.4) is 0 Å². The average molecular weight is 497 g/mol. The van der Waals surface area contributed by atoms with Crippen LogP contribution in [-0.2, 0) is 23.9 Å². The molecule has 0 aliphatic carbocycles. The minimum Gasteiger partial charge on any atom is -0.399 e. The number of primary amides is 1. The van der Waals surface area contributed by atoms with Crippen molar-refractivity contribution in [3.63, 3.8) is 0 Å². The lowest BCUT2D eigenvalue weighted by Gasteiger charge is -2.32. The van der Waals surface area contributed by atoms with Crippen LogP contribution in [0.1, 0.15) is 41.1 Å². The predicted octanol–water partition coefficient (Wildman–Crippen LogP) is 5.03. The number of rotatable bonds is 6. The number of carbonyl (C=O) groups is 2. The first kappa shape index (κ1) is 25.1. The highest BCUT2D eigenvalue weighted by atomic mass is 19.4. The molecule has 0 fully saturated rings. The van der Waals surface area contributed by atoms with Gasteiger partial charge in [-0.2, -0.15) is 13.2 Å². The Morgan fingerprint density at radius 1 is 1.03 bits per heavy atom. The zero-order valence-electron chi connectivity index (χ0n) is 19.5. The number of halogens is 3. The van der Waals surface area contributed by atoms with Crippen LogP contribution in [0.4, 0.5) is 23.7 Å². The Balaban J connectivity index is 1.51. The summed E-state index contributed by atoms with van der Waals surface area (Å²) in [7, 11) is 0. The lowest BCUT2D eigenvalue weighted by atomic mass is 9.90. The molecule has 36 heavy (non-hydrogen) atoms. The summed E-state index contributed by atoms with van der Waals surface area (Å²) in [6, 6.07) is 17.2. The van der Waals surface area contributed by atoms with Crippen molar-refractivity contribution in [2.45, 2.75) is 38.0 Å². The molecule has 4 rings (SSSR count). The summed E-state index contributed by atoms with van der Waals surface area (Å²) in [5.74, 6) is -0.458. The van der Waals surface area contributed by atoms with Gasteiger partial charge in [0.05, 0.1) is 11.6 Å². The van der Waals surface area contributed by atoms with Gasteiger partial charge in [0.2, 0.25) is 5.91 Å². The highest BCUT2D eigenvalue weighted by Crippen LogP contribution is 2.34. The van der Waals surface area contributed by atoms with Crippen molar-refractivity contribution in [3.05, 3.63) is 89.0 Å². The number of nitrogens with two attached hydrogens (primary N) is 2. The van der Waals surface area contributed by atoms with Gasteiger partial charge in [0.25, 0.3) is 0 Å². The zero-order chi connectivity index (χ0) is 25.9. The van der Waals surface area contributed by atoms with E-state index >= 15 is 0 Å². The topological polar surface area (TPSA) is 101 Å². The Bertz CT molecular complexity index is 1260. The number of anilines is 1. The molecule has 1 atom stereocenters. The summed E-state index contributed by atoms with van der Waals surface area (Å²) in [6.45, 7) is 0.797. The maximum atomic E-state index is 13.2. The van der Waals surface area contributed by atoms with Gasteiger partial charge in [-0.05, 0) is 64.9 Å². The Hall–Kier alpha value is -4.01. The Morgan fingerprint density at radius 3 is 2.42 bits per heavy atom. The molecule has 3 aromatic carbocycles. The van der Waals surface area contributed by atoms with Crippen molar-refractivity contribution in [3.8, 4) is 11.1 Å². The van der Waals surface area contributed by atoms with Gasteiger partial charge in [0, 0.05) is 25.2 Å². The maximum Gasteiger partial charge on any atom is 0.416 e. The van der Waals surface area contributed by atoms with Crippen LogP contribution in [0.25, 0.3) is 11.1 Å². The third-order valence-electron chi connectivity index (χ3n) is 6.37. The van der Waals surface area contributed by atoms with Crippen LogP contribution in [0.15, 0.2) is 66.7 Å². The first-order chi connectivity index (χ1) is 17.1. The summed E-state index contributed by atoms with van der Waals surface area (Å²) >= 11 is 0. The number of amides is 3. The fraction of sp³-hybridized carbons (Fsp3) is 0.259. The fourth-order valence-corrected chi connectivity index (χ4v) is 4.52. The van der Waals surface area contributed by atoms with Crippen molar-refractivity contribution < 1.29 is 22.8 Å². The van der Waals surface area contributed by atoms with E-state index in [9.17, 15) is 22.8 Å².